The third-order valence-corrected chi connectivity index (χ3v) is 4.97. The molecule has 0 unspecified atom stereocenters. The van der Waals surface area contributed by atoms with E-state index in [0.717, 1.165) is 0 Å². The first-order valence-corrected chi connectivity index (χ1v) is 9.55. The number of ether oxygens (including phenoxy) is 2. The van der Waals surface area contributed by atoms with Gasteiger partial charge in [-0.25, -0.2) is 13.2 Å². The fourth-order valence-corrected chi connectivity index (χ4v) is 3.60. The summed E-state index contributed by atoms with van der Waals surface area (Å²) in [6, 6.07) is 9.27. The number of benzene rings is 2. The zero-order valence-electron chi connectivity index (χ0n) is 14.3. The molecule has 9 heteroatoms. The van der Waals surface area contributed by atoms with Crippen LogP contribution in [0.4, 0.5) is 5.69 Å². The van der Waals surface area contributed by atoms with Crippen LogP contribution < -0.4 is 19.9 Å². The van der Waals surface area contributed by atoms with Crippen LogP contribution in [0, 0.1) is 0 Å². The second-order valence-corrected chi connectivity index (χ2v) is 7.10. The van der Waals surface area contributed by atoms with E-state index in [1.807, 2.05) is 13.8 Å². The standard InChI is InChI=1S/C17H19N3O5S/c1-3-24-11-5-8-16(25-4-2)15(9-11)20-26(22,23)12-6-7-13-14(10-12)19-17(21)18-13/h5-10,20H,3-4H2,1-2H3,(H2,18,19,21). The summed E-state index contributed by atoms with van der Waals surface area (Å²) in [7, 11) is -3.89. The van der Waals surface area contributed by atoms with Crippen molar-refractivity contribution in [3.05, 3.63) is 46.9 Å². The molecule has 8 nitrogen and oxygen atoms in total. The average Bonchev–Trinajstić information content (AvgIpc) is 2.96. The topological polar surface area (TPSA) is 113 Å². The van der Waals surface area contributed by atoms with E-state index < -0.39 is 15.7 Å². The fourth-order valence-electron chi connectivity index (χ4n) is 2.51. The Hall–Kier alpha value is -2.94. The highest BCUT2D eigenvalue weighted by Crippen LogP contribution is 2.31. The van der Waals surface area contributed by atoms with Gasteiger partial charge in [0.05, 0.1) is 34.8 Å². The monoisotopic (exact) mass is 377 g/mol. The predicted molar refractivity (Wildman–Crippen MR) is 98.5 cm³/mol. The molecule has 1 heterocycles. The van der Waals surface area contributed by atoms with Crippen LogP contribution in [0.2, 0.25) is 0 Å². The lowest BCUT2D eigenvalue weighted by Crippen LogP contribution is -2.14. The van der Waals surface area contributed by atoms with Gasteiger partial charge in [-0.05, 0) is 44.2 Å². The average molecular weight is 377 g/mol. The van der Waals surface area contributed by atoms with E-state index in [2.05, 4.69) is 14.7 Å². The third-order valence-electron chi connectivity index (χ3n) is 3.60. The van der Waals surface area contributed by atoms with Crippen molar-refractivity contribution in [3.63, 3.8) is 0 Å². The van der Waals surface area contributed by atoms with E-state index in [4.69, 9.17) is 9.47 Å². The molecule has 0 aliphatic rings. The van der Waals surface area contributed by atoms with Crippen molar-refractivity contribution < 1.29 is 17.9 Å². The maximum Gasteiger partial charge on any atom is 0.323 e. The molecule has 3 aromatic rings. The lowest BCUT2D eigenvalue weighted by molar-refractivity contribution is 0.332. The molecule has 0 saturated heterocycles. The van der Waals surface area contributed by atoms with E-state index in [1.54, 1.807) is 18.2 Å². The quantitative estimate of drug-likeness (QED) is 0.585. The largest absolute Gasteiger partial charge is 0.494 e. The molecule has 0 aliphatic carbocycles. The number of fused-ring (bicyclic) bond motifs is 1. The molecule has 3 rings (SSSR count). The number of hydrogen-bond donors (Lipinski definition) is 3. The molecule has 0 radical (unpaired) electrons. The first-order valence-electron chi connectivity index (χ1n) is 8.07. The number of hydrogen-bond acceptors (Lipinski definition) is 5. The normalized spacial score (nSPS) is 11.5. The van der Waals surface area contributed by atoms with Crippen LogP contribution in [0.15, 0.2) is 46.1 Å². The second kappa shape index (κ2) is 7.12. The number of sulfonamides is 1. The van der Waals surface area contributed by atoms with Crippen LogP contribution in [0.1, 0.15) is 13.8 Å². The first kappa shape index (κ1) is 17.9. The van der Waals surface area contributed by atoms with E-state index in [-0.39, 0.29) is 10.6 Å². The summed E-state index contributed by atoms with van der Waals surface area (Å²) in [6.45, 7) is 4.50. The summed E-state index contributed by atoms with van der Waals surface area (Å²) < 4.78 is 39.0. The van der Waals surface area contributed by atoms with E-state index in [1.165, 1.54) is 18.2 Å². The summed E-state index contributed by atoms with van der Waals surface area (Å²) in [5, 5.41) is 0. The summed E-state index contributed by atoms with van der Waals surface area (Å²) in [5.74, 6) is 0.926. The van der Waals surface area contributed by atoms with Crippen molar-refractivity contribution in [1.82, 2.24) is 9.97 Å². The first-order chi connectivity index (χ1) is 12.4. The molecule has 0 atom stereocenters. The van der Waals surface area contributed by atoms with Crippen LogP contribution in [0.3, 0.4) is 0 Å². The maximum absolute atomic E-state index is 12.8. The lowest BCUT2D eigenvalue weighted by atomic mass is 10.3. The van der Waals surface area contributed by atoms with Crippen molar-refractivity contribution in [2.45, 2.75) is 18.7 Å². The van der Waals surface area contributed by atoms with Crippen molar-refractivity contribution in [3.8, 4) is 11.5 Å². The van der Waals surface area contributed by atoms with Gasteiger partial charge in [-0.1, -0.05) is 0 Å². The van der Waals surface area contributed by atoms with Gasteiger partial charge < -0.3 is 19.4 Å². The molecule has 0 bridgehead atoms. The second-order valence-electron chi connectivity index (χ2n) is 5.42. The minimum Gasteiger partial charge on any atom is -0.494 e. The van der Waals surface area contributed by atoms with Crippen molar-refractivity contribution in [2.24, 2.45) is 0 Å². The van der Waals surface area contributed by atoms with Gasteiger partial charge in [0.15, 0.2) is 0 Å². The number of aromatic nitrogens is 2. The Bertz CT molecular complexity index is 1090. The van der Waals surface area contributed by atoms with Gasteiger partial charge in [0.25, 0.3) is 10.0 Å². The van der Waals surface area contributed by atoms with Gasteiger partial charge in [0, 0.05) is 6.07 Å². The molecule has 1 aromatic heterocycles. The Balaban J connectivity index is 1.99. The number of imidazole rings is 1. The van der Waals surface area contributed by atoms with Crippen LogP contribution in [0.25, 0.3) is 11.0 Å². The Morgan fingerprint density at radius 2 is 1.69 bits per heavy atom. The Morgan fingerprint density at radius 1 is 0.962 bits per heavy atom. The fraction of sp³-hybridized carbons (Fsp3) is 0.235. The summed E-state index contributed by atoms with van der Waals surface area (Å²) in [5.41, 5.74) is 0.819. The Kier molecular flexibility index (Phi) is 4.90. The van der Waals surface area contributed by atoms with Crippen LogP contribution in [-0.2, 0) is 10.0 Å². The molecule has 0 aliphatic heterocycles. The SMILES string of the molecule is CCOc1ccc(OCC)c(NS(=O)(=O)c2ccc3[nH]c(=O)[nH]c3c2)c1. The number of rotatable bonds is 7. The lowest BCUT2D eigenvalue weighted by Gasteiger charge is -2.14. The molecule has 0 amide bonds. The summed E-state index contributed by atoms with van der Waals surface area (Å²) in [4.78, 5) is 16.5. The van der Waals surface area contributed by atoms with Crippen molar-refractivity contribution >= 4 is 26.7 Å². The van der Waals surface area contributed by atoms with E-state index >= 15 is 0 Å². The zero-order valence-corrected chi connectivity index (χ0v) is 15.1. The molecule has 138 valence electrons. The minimum atomic E-state index is -3.89. The third kappa shape index (κ3) is 3.67. The molecule has 26 heavy (non-hydrogen) atoms. The number of aromatic amines is 2. The number of nitrogens with one attached hydrogen (secondary N) is 3. The van der Waals surface area contributed by atoms with Crippen LogP contribution in [0.5, 0.6) is 11.5 Å². The molecular formula is C17H19N3O5S. The maximum atomic E-state index is 12.8. The minimum absolute atomic E-state index is 0.0181. The van der Waals surface area contributed by atoms with E-state index in [9.17, 15) is 13.2 Å². The van der Waals surface area contributed by atoms with Crippen LogP contribution >= 0.6 is 0 Å². The zero-order chi connectivity index (χ0) is 18.7. The Labute approximate surface area is 150 Å². The number of anilines is 1. The van der Waals surface area contributed by atoms with Crippen molar-refractivity contribution in [2.75, 3.05) is 17.9 Å². The van der Waals surface area contributed by atoms with Gasteiger partial charge in [-0.2, -0.15) is 0 Å². The summed E-state index contributed by atoms with van der Waals surface area (Å²) >= 11 is 0. The number of H-pyrrole nitrogens is 2. The predicted octanol–water partition coefficient (Wildman–Crippen LogP) is 2.45. The molecular weight excluding hydrogens is 358 g/mol. The molecule has 0 saturated carbocycles. The molecule has 0 spiro atoms. The van der Waals surface area contributed by atoms with Gasteiger partial charge in [-0.3, -0.25) is 4.72 Å². The van der Waals surface area contributed by atoms with Crippen LogP contribution in [-0.4, -0.2) is 31.6 Å². The highest BCUT2D eigenvalue weighted by Gasteiger charge is 2.18. The smallest absolute Gasteiger partial charge is 0.323 e. The van der Waals surface area contributed by atoms with Gasteiger partial charge >= 0.3 is 5.69 Å². The highest BCUT2D eigenvalue weighted by molar-refractivity contribution is 7.92. The van der Waals surface area contributed by atoms with Gasteiger partial charge in [0.1, 0.15) is 11.5 Å². The Morgan fingerprint density at radius 3 is 2.42 bits per heavy atom. The van der Waals surface area contributed by atoms with Gasteiger partial charge in [0.2, 0.25) is 0 Å². The van der Waals surface area contributed by atoms with Crippen molar-refractivity contribution in [1.29, 1.82) is 0 Å². The molecule has 0 fully saturated rings. The van der Waals surface area contributed by atoms with E-state index in [0.29, 0.717) is 35.7 Å². The summed E-state index contributed by atoms with van der Waals surface area (Å²) in [6.07, 6.45) is 0. The molecule has 2 aromatic carbocycles. The highest BCUT2D eigenvalue weighted by atomic mass is 32.2. The van der Waals surface area contributed by atoms with Gasteiger partial charge in [-0.15, -0.1) is 0 Å². The molecule has 3 N–H and O–H groups in total.